The Bertz CT molecular complexity index is 727. The van der Waals surface area contributed by atoms with Gasteiger partial charge in [-0.05, 0) is 30.2 Å². The van der Waals surface area contributed by atoms with Crippen LogP contribution in [0.4, 0.5) is 5.69 Å². The van der Waals surface area contributed by atoms with E-state index in [1.165, 1.54) is 6.08 Å². The summed E-state index contributed by atoms with van der Waals surface area (Å²) in [5, 5.41) is 5.57. The predicted octanol–water partition coefficient (Wildman–Crippen LogP) is 3.10. The zero-order valence-corrected chi connectivity index (χ0v) is 14.2. The van der Waals surface area contributed by atoms with E-state index in [0.29, 0.717) is 24.4 Å². The van der Waals surface area contributed by atoms with Gasteiger partial charge in [0.25, 0.3) is 5.91 Å². The number of methoxy groups -OCH3 is 1. The molecule has 2 aromatic rings. The number of hydrogen-bond donors (Lipinski definition) is 2. The third-order valence-corrected chi connectivity index (χ3v) is 3.47. The van der Waals surface area contributed by atoms with Gasteiger partial charge in [0.15, 0.2) is 0 Å². The van der Waals surface area contributed by atoms with Gasteiger partial charge in [0, 0.05) is 26.3 Å². The highest BCUT2D eigenvalue weighted by Crippen LogP contribution is 2.15. The van der Waals surface area contributed by atoms with Crippen molar-refractivity contribution in [2.45, 2.75) is 6.42 Å². The topological polar surface area (TPSA) is 67.4 Å². The Morgan fingerprint density at radius 1 is 1.04 bits per heavy atom. The second kappa shape index (κ2) is 10.1. The molecule has 0 saturated carbocycles. The molecule has 0 saturated heterocycles. The maximum absolute atomic E-state index is 12.3. The third-order valence-electron chi connectivity index (χ3n) is 3.47. The van der Waals surface area contributed by atoms with Gasteiger partial charge in [-0.15, -0.1) is 0 Å². The van der Waals surface area contributed by atoms with Gasteiger partial charge >= 0.3 is 0 Å². The van der Waals surface area contributed by atoms with Crippen molar-refractivity contribution in [1.82, 2.24) is 5.32 Å². The van der Waals surface area contributed by atoms with Gasteiger partial charge in [-0.3, -0.25) is 9.59 Å². The summed E-state index contributed by atoms with van der Waals surface area (Å²) in [6.07, 6.45) is 3.90. The average Bonchev–Trinajstić information content (AvgIpc) is 2.65. The Labute approximate surface area is 147 Å². The molecule has 0 bridgehead atoms. The highest BCUT2D eigenvalue weighted by atomic mass is 16.5. The number of hydrogen-bond acceptors (Lipinski definition) is 3. The van der Waals surface area contributed by atoms with Gasteiger partial charge in [-0.1, -0.05) is 42.5 Å². The molecule has 0 aliphatic rings. The van der Waals surface area contributed by atoms with Crippen LogP contribution in [0.1, 0.15) is 22.3 Å². The standard InChI is InChI=1S/C20H22N2O3/c1-25-15-7-14-21-20(24)17-10-5-6-11-18(17)22-19(23)13-12-16-8-3-2-4-9-16/h2-6,8-13H,7,14-15H2,1H3,(H,21,24)(H,22,23)/b13-12+. The Balaban J connectivity index is 1.98. The Kier molecular flexibility index (Phi) is 7.41. The Morgan fingerprint density at radius 3 is 2.52 bits per heavy atom. The van der Waals surface area contributed by atoms with Gasteiger partial charge in [-0.25, -0.2) is 0 Å². The molecule has 5 nitrogen and oxygen atoms in total. The summed E-state index contributed by atoms with van der Waals surface area (Å²) < 4.78 is 4.95. The molecule has 130 valence electrons. The van der Waals surface area contributed by atoms with E-state index >= 15 is 0 Å². The Morgan fingerprint density at radius 2 is 1.76 bits per heavy atom. The number of nitrogens with one attached hydrogen (secondary N) is 2. The molecule has 5 heteroatoms. The first-order valence-corrected chi connectivity index (χ1v) is 8.11. The van der Waals surface area contributed by atoms with Crippen LogP contribution >= 0.6 is 0 Å². The highest BCUT2D eigenvalue weighted by molar-refractivity contribution is 6.07. The second-order valence-corrected chi connectivity index (χ2v) is 5.38. The third kappa shape index (κ3) is 6.24. The molecule has 2 amide bonds. The number of ether oxygens (including phenoxy) is 1. The molecule has 0 aromatic heterocycles. The maximum Gasteiger partial charge on any atom is 0.253 e. The largest absolute Gasteiger partial charge is 0.385 e. The summed E-state index contributed by atoms with van der Waals surface area (Å²) in [4.78, 5) is 24.4. The van der Waals surface area contributed by atoms with Crippen LogP contribution in [-0.2, 0) is 9.53 Å². The number of anilines is 1. The molecule has 0 unspecified atom stereocenters. The van der Waals surface area contributed by atoms with E-state index in [0.717, 1.165) is 12.0 Å². The first-order valence-electron chi connectivity index (χ1n) is 8.11. The lowest BCUT2D eigenvalue weighted by Crippen LogP contribution is -2.26. The zero-order chi connectivity index (χ0) is 17.9. The molecular weight excluding hydrogens is 316 g/mol. The number of carbonyl (C=O) groups excluding carboxylic acids is 2. The van der Waals surface area contributed by atoms with E-state index in [1.54, 1.807) is 37.5 Å². The predicted molar refractivity (Wildman–Crippen MR) is 99.4 cm³/mol. The van der Waals surface area contributed by atoms with Gasteiger partial charge < -0.3 is 15.4 Å². The lowest BCUT2D eigenvalue weighted by molar-refractivity contribution is -0.111. The smallest absolute Gasteiger partial charge is 0.253 e. The van der Waals surface area contributed by atoms with Crippen molar-refractivity contribution in [3.63, 3.8) is 0 Å². The van der Waals surface area contributed by atoms with Crippen LogP contribution in [-0.4, -0.2) is 32.1 Å². The molecule has 0 atom stereocenters. The lowest BCUT2D eigenvalue weighted by atomic mass is 10.1. The summed E-state index contributed by atoms with van der Waals surface area (Å²) in [6, 6.07) is 16.5. The molecule has 0 fully saturated rings. The summed E-state index contributed by atoms with van der Waals surface area (Å²) in [5.74, 6) is -0.512. The molecule has 0 heterocycles. The molecule has 25 heavy (non-hydrogen) atoms. The molecule has 2 rings (SSSR count). The molecule has 2 aromatic carbocycles. The van der Waals surface area contributed by atoms with E-state index in [4.69, 9.17) is 4.74 Å². The van der Waals surface area contributed by atoms with E-state index in [-0.39, 0.29) is 11.8 Å². The Hall–Kier alpha value is -2.92. The fourth-order valence-corrected chi connectivity index (χ4v) is 2.21. The summed E-state index contributed by atoms with van der Waals surface area (Å²) in [5.41, 5.74) is 1.85. The van der Waals surface area contributed by atoms with Crippen LogP contribution in [0.2, 0.25) is 0 Å². The minimum Gasteiger partial charge on any atom is -0.385 e. The van der Waals surface area contributed by atoms with Crippen molar-refractivity contribution < 1.29 is 14.3 Å². The fourth-order valence-electron chi connectivity index (χ4n) is 2.21. The lowest BCUT2D eigenvalue weighted by Gasteiger charge is -2.10. The normalized spacial score (nSPS) is 10.6. The summed E-state index contributed by atoms with van der Waals surface area (Å²) in [7, 11) is 1.62. The monoisotopic (exact) mass is 338 g/mol. The van der Waals surface area contributed by atoms with Crippen LogP contribution in [0.25, 0.3) is 6.08 Å². The van der Waals surface area contributed by atoms with Gasteiger partial charge in [0.1, 0.15) is 0 Å². The summed E-state index contributed by atoms with van der Waals surface area (Å²) in [6.45, 7) is 1.10. The van der Waals surface area contributed by atoms with Crippen LogP contribution in [0, 0.1) is 0 Å². The summed E-state index contributed by atoms with van der Waals surface area (Å²) >= 11 is 0. The van der Waals surface area contributed by atoms with Crippen molar-refractivity contribution in [1.29, 1.82) is 0 Å². The zero-order valence-electron chi connectivity index (χ0n) is 14.2. The maximum atomic E-state index is 12.3. The molecule has 0 aliphatic heterocycles. The van der Waals surface area contributed by atoms with Crippen LogP contribution in [0.15, 0.2) is 60.7 Å². The van der Waals surface area contributed by atoms with Crippen LogP contribution in [0.5, 0.6) is 0 Å². The number of benzene rings is 2. The number of carbonyl (C=O) groups is 2. The van der Waals surface area contributed by atoms with Crippen molar-refractivity contribution in [2.75, 3.05) is 25.6 Å². The minimum absolute atomic E-state index is 0.223. The van der Waals surface area contributed by atoms with Gasteiger partial charge in [-0.2, -0.15) is 0 Å². The fraction of sp³-hybridized carbons (Fsp3) is 0.200. The quantitative estimate of drug-likeness (QED) is 0.574. The number of para-hydroxylation sites is 1. The molecule has 0 spiro atoms. The number of rotatable bonds is 8. The molecule has 2 N–H and O–H groups in total. The van der Waals surface area contributed by atoms with Crippen molar-refractivity contribution >= 4 is 23.6 Å². The van der Waals surface area contributed by atoms with Crippen molar-refractivity contribution in [3.05, 3.63) is 71.8 Å². The first-order chi connectivity index (χ1) is 12.2. The van der Waals surface area contributed by atoms with E-state index in [2.05, 4.69) is 10.6 Å². The van der Waals surface area contributed by atoms with E-state index < -0.39 is 0 Å². The van der Waals surface area contributed by atoms with Crippen LogP contribution in [0.3, 0.4) is 0 Å². The highest BCUT2D eigenvalue weighted by Gasteiger charge is 2.11. The molecule has 0 aliphatic carbocycles. The van der Waals surface area contributed by atoms with E-state index in [9.17, 15) is 9.59 Å². The second-order valence-electron chi connectivity index (χ2n) is 5.38. The van der Waals surface area contributed by atoms with Gasteiger partial charge in [0.05, 0.1) is 11.3 Å². The SMILES string of the molecule is COCCCNC(=O)c1ccccc1NC(=O)/C=C/c1ccccc1. The average molecular weight is 338 g/mol. The van der Waals surface area contributed by atoms with E-state index in [1.807, 2.05) is 30.3 Å². The van der Waals surface area contributed by atoms with Crippen molar-refractivity contribution in [3.8, 4) is 0 Å². The molecule has 0 radical (unpaired) electrons. The van der Waals surface area contributed by atoms with Gasteiger partial charge in [0.2, 0.25) is 5.91 Å². The number of amides is 2. The van der Waals surface area contributed by atoms with Crippen LogP contribution < -0.4 is 10.6 Å². The molecular formula is C20H22N2O3. The minimum atomic E-state index is -0.288. The first kappa shape index (κ1) is 18.4. The van der Waals surface area contributed by atoms with Crippen molar-refractivity contribution in [2.24, 2.45) is 0 Å².